The van der Waals surface area contributed by atoms with Gasteiger partial charge in [-0.05, 0) is 38.4 Å². The van der Waals surface area contributed by atoms with Gasteiger partial charge in [-0.15, -0.1) is 0 Å². The number of hydrogen-bond donors (Lipinski definition) is 1. The lowest BCUT2D eigenvalue weighted by Gasteiger charge is -2.38. The first-order valence-corrected chi connectivity index (χ1v) is 7.35. The fourth-order valence-corrected chi connectivity index (χ4v) is 3.31. The van der Waals surface area contributed by atoms with E-state index in [9.17, 15) is 0 Å². The predicted molar refractivity (Wildman–Crippen MR) is 76.7 cm³/mol. The molecule has 104 valence electrons. The van der Waals surface area contributed by atoms with Crippen molar-refractivity contribution >= 4 is 17.4 Å². The van der Waals surface area contributed by atoms with E-state index >= 15 is 0 Å². The molecule has 2 heterocycles. The predicted octanol–water partition coefficient (Wildman–Crippen LogP) is 2.21. The van der Waals surface area contributed by atoms with Crippen molar-refractivity contribution in [3.05, 3.63) is 22.8 Å². The monoisotopic (exact) mass is 281 g/mol. The number of ether oxygens (including phenoxy) is 1. The molecular weight excluding hydrogens is 262 g/mol. The summed E-state index contributed by atoms with van der Waals surface area (Å²) in [7, 11) is 1.91. The van der Waals surface area contributed by atoms with Crippen LogP contribution in [0.1, 0.15) is 25.0 Å². The van der Waals surface area contributed by atoms with Crippen LogP contribution in [-0.4, -0.2) is 37.3 Å². The minimum atomic E-state index is 0.388. The van der Waals surface area contributed by atoms with Gasteiger partial charge in [0.25, 0.3) is 0 Å². The maximum absolute atomic E-state index is 6.18. The van der Waals surface area contributed by atoms with Gasteiger partial charge < -0.3 is 15.0 Å². The van der Waals surface area contributed by atoms with Crippen molar-refractivity contribution in [2.24, 2.45) is 0 Å². The van der Waals surface area contributed by atoms with Crippen LogP contribution in [0.15, 0.2) is 12.1 Å². The normalized spacial score (nSPS) is 26.5. The minimum absolute atomic E-state index is 0.388. The van der Waals surface area contributed by atoms with Crippen molar-refractivity contribution in [2.75, 3.05) is 25.1 Å². The Bertz CT molecular complexity index is 454. The van der Waals surface area contributed by atoms with Gasteiger partial charge in [0.15, 0.2) is 0 Å². The average molecular weight is 282 g/mol. The molecule has 2 fully saturated rings. The van der Waals surface area contributed by atoms with Gasteiger partial charge in [0, 0.05) is 13.1 Å². The minimum Gasteiger partial charge on any atom is -0.374 e. The molecule has 1 aliphatic carbocycles. The van der Waals surface area contributed by atoms with E-state index in [2.05, 4.69) is 10.2 Å². The molecule has 2 atom stereocenters. The Balaban J connectivity index is 1.86. The van der Waals surface area contributed by atoms with Crippen LogP contribution in [-0.2, 0) is 11.3 Å². The molecule has 0 bridgehead atoms. The number of rotatable bonds is 3. The van der Waals surface area contributed by atoms with Crippen molar-refractivity contribution in [1.82, 2.24) is 10.3 Å². The number of nitrogens with one attached hydrogen (secondary N) is 1. The third-order valence-electron chi connectivity index (χ3n) is 4.02. The lowest BCUT2D eigenvalue weighted by atomic mass is 10.1. The smallest absolute Gasteiger partial charge is 0.129 e. The molecule has 19 heavy (non-hydrogen) atoms. The molecule has 4 nitrogen and oxygen atoms in total. The van der Waals surface area contributed by atoms with Gasteiger partial charge in [-0.2, -0.15) is 0 Å². The summed E-state index contributed by atoms with van der Waals surface area (Å²) >= 11 is 6.18. The van der Waals surface area contributed by atoms with E-state index in [1.165, 1.54) is 19.3 Å². The molecule has 2 aliphatic rings. The Kier molecular flexibility index (Phi) is 3.91. The van der Waals surface area contributed by atoms with Gasteiger partial charge >= 0.3 is 0 Å². The molecule has 3 rings (SSSR count). The summed E-state index contributed by atoms with van der Waals surface area (Å²) in [4.78, 5) is 7.12. The van der Waals surface area contributed by atoms with Gasteiger partial charge in [0.05, 0.1) is 29.5 Å². The number of hydrogen-bond acceptors (Lipinski definition) is 4. The Hall–Kier alpha value is -0.840. The Morgan fingerprint density at radius 3 is 3.21 bits per heavy atom. The highest BCUT2D eigenvalue weighted by atomic mass is 35.5. The molecule has 1 aliphatic heterocycles. The highest BCUT2D eigenvalue weighted by molar-refractivity contribution is 6.31. The number of fused-ring (bicyclic) bond motifs is 1. The third kappa shape index (κ3) is 2.57. The van der Waals surface area contributed by atoms with Gasteiger partial charge in [-0.3, -0.25) is 0 Å². The second kappa shape index (κ2) is 5.65. The van der Waals surface area contributed by atoms with Crippen LogP contribution < -0.4 is 10.2 Å². The quantitative estimate of drug-likeness (QED) is 0.922. The van der Waals surface area contributed by atoms with E-state index in [0.717, 1.165) is 29.7 Å². The van der Waals surface area contributed by atoms with E-state index in [1.807, 2.05) is 19.2 Å². The number of anilines is 1. The highest BCUT2D eigenvalue weighted by Gasteiger charge is 2.36. The van der Waals surface area contributed by atoms with Gasteiger partial charge in [0.1, 0.15) is 5.82 Å². The first kappa shape index (κ1) is 13.2. The second-order valence-corrected chi connectivity index (χ2v) is 5.64. The van der Waals surface area contributed by atoms with Crippen LogP contribution >= 0.6 is 11.6 Å². The molecular formula is C14H20ClN3O. The SMILES string of the molecule is CNCc1nc(N2CCOC3CCCC32)ccc1Cl. The molecule has 5 heteroatoms. The number of aromatic nitrogens is 1. The largest absolute Gasteiger partial charge is 0.374 e. The first-order valence-electron chi connectivity index (χ1n) is 6.98. The van der Waals surface area contributed by atoms with Crippen LogP contribution in [0.3, 0.4) is 0 Å². The molecule has 0 amide bonds. The van der Waals surface area contributed by atoms with Crippen LogP contribution in [0.4, 0.5) is 5.82 Å². The van der Waals surface area contributed by atoms with E-state index in [1.54, 1.807) is 0 Å². The van der Waals surface area contributed by atoms with E-state index in [-0.39, 0.29) is 0 Å². The maximum Gasteiger partial charge on any atom is 0.129 e. The van der Waals surface area contributed by atoms with Crippen LogP contribution in [0.25, 0.3) is 0 Å². The third-order valence-corrected chi connectivity index (χ3v) is 4.37. The number of nitrogens with zero attached hydrogens (tertiary/aromatic N) is 2. The van der Waals surface area contributed by atoms with Gasteiger partial charge in [0.2, 0.25) is 0 Å². The van der Waals surface area contributed by atoms with Crippen molar-refractivity contribution in [3.63, 3.8) is 0 Å². The van der Waals surface area contributed by atoms with Crippen molar-refractivity contribution in [1.29, 1.82) is 0 Å². The maximum atomic E-state index is 6.18. The van der Waals surface area contributed by atoms with Gasteiger partial charge in [-0.25, -0.2) is 4.98 Å². The highest BCUT2D eigenvalue weighted by Crippen LogP contribution is 2.33. The zero-order valence-corrected chi connectivity index (χ0v) is 12.0. The molecule has 0 spiro atoms. The van der Waals surface area contributed by atoms with Crippen molar-refractivity contribution < 1.29 is 4.74 Å². The molecule has 1 saturated heterocycles. The van der Waals surface area contributed by atoms with E-state index < -0.39 is 0 Å². The molecule has 2 unspecified atom stereocenters. The van der Waals surface area contributed by atoms with Crippen molar-refractivity contribution in [3.8, 4) is 0 Å². The van der Waals surface area contributed by atoms with Crippen LogP contribution in [0, 0.1) is 0 Å². The summed E-state index contributed by atoms with van der Waals surface area (Å²) in [6, 6.07) is 4.47. The molecule has 1 N–H and O–H groups in total. The summed E-state index contributed by atoms with van der Waals surface area (Å²) in [6.07, 6.45) is 4.02. The lowest BCUT2D eigenvalue weighted by molar-refractivity contribution is 0.0253. The fourth-order valence-electron chi connectivity index (χ4n) is 3.13. The number of halogens is 1. The Morgan fingerprint density at radius 2 is 2.37 bits per heavy atom. The number of morpholine rings is 1. The zero-order valence-electron chi connectivity index (χ0n) is 11.2. The van der Waals surface area contributed by atoms with E-state index in [4.69, 9.17) is 21.3 Å². The molecule has 1 aromatic rings. The van der Waals surface area contributed by atoms with Crippen LogP contribution in [0.2, 0.25) is 5.02 Å². The second-order valence-electron chi connectivity index (χ2n) is 5.23. The zero-order chi connectivity index (χ0) is 13.2. The Morgan fingerprint density at radius 1 is 1.47 bits per heavy atom. The summed E-state index contributed by atoms with van der Waals surface area (Å²) < 4.78 is 5.85. The fraction of sp³-hybridized carbons (Fsp3) is 0.643. The lowest BCUT2D eigenvalue weighted by Crippen LogP contribution is -2.49. The summed E-state index contributed by atoms with van der Waals surface area (Å²) in [5.74, 6) is 1.04. The first-order chi connectivity index (χ1) is 9.29. The molecule has 0 radical (unpaired) electrons. The van der Waals surface area contributed by atoms with Crippen molar-refractivity contribution in [2.45, 2.75) is 38.0 Å². The van der Waals surface area contributed by atoms with E-state index in [0.29, 0.717) is 18.7 Å². The van der Waals surface area contributed by atoms with Crippen LogP contribution in [0.5, 0.6) is 0 Å². The summed E-state index contributed by atoms with van der Waals surface area (Å²) in [6.45, 7) is 2.42. The topological polar surface area (TPSA) is 37.4 Å². The van der Waals surface area contributed by atoms with Gasteiger partial charge in [-0.1, -0.05) is 11.6 Å². The molecule has 0 aromatic carbocycles. The average Bonchev–Trinajstić information content (AvgIpc) is 2.90. The number of pyridine rings is 1. The standard InChI is InChI=1S/C14H20ClN3O/c1-16-9-11-10(15)5-6-14(17-11)18-7-8-19-13-4-2-3-12(13)18/h5-6,12-13,16H,2-4,7-9H2,1H3. The summed E-state index contributed by atoms with van der Waals surface area (Å²) in [5, 5.41) is 3.84. The molecule has 1 saturated carbocycles. The Labute approximate surface area is 119 Å². The summed E-state index contributed by atoms with van der Waals surface area (Å²) in [5.41, 5.74) is 0.919. The molecule has 1 aromatic heterocycles.